The van der Waals surface area contributed by atoms with E-state index in [-0.39, 0.29) is 33.4 Å². The van der Waals surface area contributed by atoms with Crippen molar-refractivity contribution < 1.29 is 9.21 Å². The lowest BCUT2D eigenvalue weighted by Gasteiger charge is -2.17. The fourth-order valence-electron chi connectivity index (χ4n) is 2.76. The molecule has 0 saturated carbocycles. The van der Waals surface area contributed by atoms with E-state index in [9.17, 15) is 15.3 Å². The van der Waals surface area contributed by atoms with Crippen molar-refractivity contribution in [3.8, 4) is 23.5 Å². The number of nitrogen functional groups attached to an aromatic ring is 1. The van der Waals surface area contributed by atoms with Gasteiger partial charge < -0.3 is 15.5 Å². The largest absolute Gasteiger partial charge is 0.464 e. The molecule has 7 nitrogen and oxygen atoms in total. The molecule has 3 N–H and O–H groups in total. The molecule has 0 radical (unpaired) electrons. The number of amides is 1. The van der Waals surface area contributed by atoms with Gasteiger partial charge in [0, 0.05) is 10.2 Å². The Morgan fingerprint density at radius 2 is 1.97 bits per heavy atom. The Morgan fingerprint density at radius 3 is 2.53 bits per heavy atom. The van der Waals surface area contributed by atoms with Gasteiger partial charge in [-0.25, -0.2) is 4.98 Å². The first-order valence-electron chi connectivity index (χ1n) is 8.89. The first-order chi connectivity index (χ1) is 14.5. The lowest BCUT2D eigenvalue weighted by molar-refractivity contribution is -0.115. The van der Waals surface area contributed by atoms with Crippen molar-refractivity contribution in [2.75, 3.05) is 11.1 Å². The van der Waals surface area contributed by atoms with Crippen LogP contribution >= 0.6 is 27.7 Å². The Balaban J connectivity index is 1.96. The number of rotatable bonds is 6. The number of hydrogen-bond donors (Lipinski definition) is 2. The number of halogens is 1. The first-order valence-corrected chi connectivity index (χ1v) is 10.6. The zero-order chi connectivity index (χ0) is 21.7. The summed E-state index contributed by atoms with van der Waals surface area (Å²) < 4.78 is 6.31. The Labute approximate surface area is 186 Å². The maximum Gasteiger partial charge on any atom is 0.237 e. The highest BCUT2D eigenvalue weighted by molar-refractivity contribution is 9.10. The molecule has 0 fully saturated rings. The molecule has 0 bridgehead atoms. The zero-order valence-electron chi connectivity index (χ0n) is 15.8. The summed E-state index contributed by atoms with van der Waals surface area (Å²) >= 11 is 4.49. The summed E-state index contributed by atoms with van der Waals surface area (Å²) in [5.74, 6) is 0.0953. The normalized spacial score (nSPS) is 11.3. The third kappa shape index (κ3) is 4.48. The van der Waals surface area contributed by atoms with Crippen molar-refractivity contribution in [1.29, 1.82) is 10.5 Å². The number of pyridine rings is 1. The Morgan fingerprint density at radius 1 is 1.27 bits per heavy atom. The molecular formula is C21H16BrN5O2S. The maximum absolute atomic E-state index is 12.8. The minimum absolute atomic E-state index is 0.0198. The molecule has 2 heterocycles. The number of hydrogen-bond acceptors (Lipinski definition) is 7. The van der Waals surface area contributed by atoms with Gasteiger partial charge in [0.15, 0.2) is 0 Å². The van der Waals surface area contributed by atoms with Gasteiger partial charge >= 0.3 is 0 Å². The molecule has 1 aromatic carbocycles. The molecule has 0 aliphatic rings. The summed E-state index contributed by atoms with van der Waals surface area (Å²) in [5.41, 5.74) is 7.15. The predicted molar refractivity (Wildman–Crippen MR) is 118 cm³/mol. The van der Waals surface area contributed by atoms with Crippen LogP contribution in [0.5, 0.6) is 0 Å². The summed E-state index contributed by atoms with van der Waals surface area (Å²) in [5, 5.41) is 21.9. The van der Waals surface area contributed by atoms with Crippen LogP contribution in [-0.2, 0) is 4.79 Å². The molecule has 3 rings (SSSR count). The van der Waals surface area contributed by atoms with Crippen LogP contribution in [-0.4, -0.2) is 16.1 Å². The number of nitrogens with zero attached hydrogens (tertiary/aromatic N) is 3. The monoisotopic (exact) mass is 481 g/mol. The van der Waals surface area contributed by atoms with Gasteiger partial charge in [0.2, 0.25) is 5.91 Å². The highest BCUT2D eigenvalue weighted by Crippen LogP contribution is 2.37. The van der Waals surface area contributed by atoms with Gasteiger partial charge in [-0.3, -0.25) is 4.79 Å². The number of nitrogens with two attached hydrogens (primary N) is 1. The number of carbonyl (C=O) groups excluding carboxylic acids is 1. The fraction of sp³-hybridized carbons (Fsp3) is 0.143. The summed E-state index contributed by atoms with van der Waals surface area (Å²) in [6.45, 7) is 1.87. The molecule has 0 spiro atoms. The van der Waals surface area contributed by atoms with Crippen LogP contribution in [0.25, 0.3) is 11.3 Å². The minimum Gasteiger partial charge on any atom is -0.464 e. The second kappa shape index (κ2) is 9.49. The molecule has 0 saturated heterocycles. The topological polar surface area (TPSA) is 129 Å². The van der Waals surface area contributed by atoms with Crippen LogP contribution in [0, 0.1) is 22.7 Å². The lowest BCUT2D eigenvalue weighted by atomic mass is 10.0. The van der Waals surface area contributed by atoms with Gasteiger partial charge in [-0.05, 0) is 42.8 Å². The number of carbonyl (C=O) groups is 1. The predicted octanol–water partition coefficient (Wildman–Crippen LogP) is 4.94. The van der Waals surface area contributed by atoms with E-state index in [2.05, 4.69) is 32.3 Å². The summed E-state index contributed by atoms with van der Waals surface area (Å²) in [6.07, 6.45) is 1.94. The minimum atomic E-state index is -0.523. The number of nitriles is 2. The third-order valence-corrected chi connectivity index (χ3v) is 6.09. The van der Waals surface area contributed by atoms with Crippen molar-refractivity contribution in [2.24, 2.45) is 0 Å². The lowest BCUT2D eigenvalue weighted by Crippen LogP contribution is -2.25. The zero-order valence-corrected chi connectivity index (χ0v) is 18.3. The number of nitrogens with one attached hydrogen (secondary N) is 1. The summed E-state index contributed by atoms with van der Waals surface area (Å²) in [6, 6.07) is 14.6. The van der Waals surface area contributed by atoms with Crippen molar-refractivity contribution in [1.82, 2.24) is 4.98 Å². The Hall–Kier alpha value is -3.27. The summed E-state index contributed by atoms with van der Waals surface area (Å²) in [7, 11) is 0. The molecule has 2 aromatic heterocycles. The van der Waals surface area contributed by atoms with Crippen LogP contribution in [0.2, 0.25) is 0 Å². The molecule has 0 aliphatic carbocycles. The molecule has 1 atom stereocenters. The number of thioether (sulfide) groups is 1. The molecule has 0 aliphatic heterocycles. The van der Waals surface area contributed by atoms with E-state index in [1.807, 2.05) is 25.1 Å². The van der Waals surface area contributed by atoms with E-state index in [4.69, 9.17) is 10.2 Å². The second-order valence-electron chi connectivity index (χ2n) is 6.14. The molecule has 9 heteroatoms. The van der Waals surface area contributed by atoms with E-state index >= 15 is 0 Å². The third-order valence-electron chi connectivity index (χ3n) is 4.21. The smallest absolute Gasteiger partial charge is 0.237 e. The van der Waals surface area contributed by atoms with E-state index in [1.54, 1.807) is 24.3 Å². The van der Waals surface area contributed by atoms with Crippen molar-refractivity contribution >= 4 is 45.1 Å². The molecule has 1 amide bonds. The van der Waals surface area contributed by atoms with Crippen molar-refractivity contribution in [3.05, 3.63) is 58.3 Å². The fourth-order valence-corrected chi connectivity index (χ4v) is 4.05. The van der Waals surface area contributed by atoms with Crippen LogP contribution in [0.4, 0.5) is 11.5 Å². The molecule has 150 valence electrons. The van der Waals surface area contributed by atoms with Crippen LogP contribution in [0.1, 0.15) is 24.5 Å². The number of anilines is 2. The van der Waals surface area contributed by atoms with Gasteiger partial charge in [0.1, 0.15) is 34.3 Å². The second-order valence-corrected chi connectivity index (χ2v) is 8.25. The summed E-state index contributed by atoms with van der Waals surface area (Å²) in [4.78, 5) is 17.0. The highest BCUT2D eigenvalue weighted by Gasteiger charge is 2.26. The maximum atomic E-state index is 12.8. The van der Waals surface area contributed by atoms with Crippen LogP contribution in [0.3, 0.4) is 0 Å². The Bertz CT molecular complexity index is 1150. The average Bonchev–Trinajstić information content (AvgIpc) is 3.27. The number of aromatic nitrogens is 1. The van der Waals surface area contributed by atoms with Crippen LogP contribution < -0.4 is 11.1 Å². The molecular weight excluding hydrogens is 466 g/mol. The van der Waals surface area contributed by atoms with E-state index < -0.39 is 5.25 Å². The quantitative estimate of drug-likeness (QED) is 0.476. The highest BCUT2D eigenvalue weighted by atomic mass is 79.9. The average molecular weight is 482 g/mol. The number of benzene rings is 1. The number of furan rings is 1. The van der Waals surface area contributed by atoms with Gasteiger partial charge in [0.25, 0.3) is 0 Å². The van der Waals surface area contributed by atoms with E-state index in [0.29, 0.717) is 17.9 Å². The standard InChI is InChI=1S/C21H16BrN5O2S/c1-2-17(20(28)26-13-7-5-12(22)6-8-13)30-21-15(11-24)18(16-4-3-9-29-16)14(10-23)19(25)27-21/h3-9,17H,2H2,1H3,(H2,25,27)(H,26,28). The van der Waals surface area contributed by atoms with Crippen LogP contribution in [0.15, 0.2) is 56.6 Å². The van der Waals surface area contributed by atoms with Crippen molar-refractivity contribution in [2.45, 2.75) is 23.6 Å². The SMILES string of the molecule is CCC(Sc1nc(N)c(C#N)c(-c2ccco2)c1C#N)C(=O)Nc1ccc(Br)cc1. The molecule has 3 aromatic rings. The van der Waals surface area contributed by atoms with E-state index in [0.717, 1.165) is 16.2 Å². The van der Waals surface area contributed by atoms with Gasteiger partial charge in [-0.2, -0.15) is 10.5 Å². The molecule has 1 unspecified atom stereocenters. The van der Waals surface area contributed by atoms with E-state index in [1.165, 1.54) is 6.26 Å². The van der Waals surface area contributed by atoms with Gasteiger partial charge in [-0.15, -0.1) is 0 Å². The Kier molecular flexibility index (Phi) is 6.78. The van der Waals surface area contributed by atoms with Gasteiger partial charge in [-0.1, -0.05) is 34.6 Å². The first kappa shape index (κ1) is 21.4. The van der Waals surface area contributed by atoms with Gasteiger partial charge in [0.05, 0.1) is 22.6 Å². The molecule has 30 heavy (non-hydrogen) atoms. The van der Waals surface area contributed by atoms with Crippen molar-refractivity contribution in [3.63, 3.8) is 0 Å².